The van der Waals surface area contributed by atoms with Gasteiger partial charge in [0, 0.05) is 19.8 Å². The van der Waals surface area contributed by atoms with Crippen LogP contribution in [0.4, 0.5) is 4.79 Å². The van der Waals surface area contributed by atoms with Gasteiger partial charge in [-0.15, -0.1) is 0 Å². The molecule has 0 heterocycles. The van der Waals surface area contributed by atoms with E-state index in [1.807, 2.05) is 19.1 Å². The van der Waals surface area contributed by atoms with Crippen LogP contribution >= 0.6 is 0 Å². The van der Waals surface area contributed by atoms with E-state index in [9.17, 15) is 4.79 Å². The molecule has 0 saturated carbocycles. The van der Waals surface area contributed by atoms with Crippen molar-refractivity contribution in [3.63, 3.8) is 0 Å². The highest BCUT2D eigenvalue weighted by atomic mass is 16.7. The number of ether oxygens (including phenoxy) is 3. The lowest BCUT2D eigenvalue weighted by atomic mass is 9.93. The van der Waals surface area contributed by atoms with Crippen LogP contribution in [0.15, 0.2) is 36.4 Å². The molecular formula is C21H29NO4. The Hall–Kier alpha value is -2.11. The van der Waals surface area contributed by atoms with Crippen LogP contribution in [0.25, 0.3) is 10.8 Å². The molecule has 2 unspecified atom stereocenters. The number of alkyl carbamates (subject to hydrolysis) is 1. The van der Waals surface area contributed by atoms with Crippen molar-refractivity contribution in [1.29, 1.82) is 0 Å². The molecule has 0 aliphatic heterocycles. The van der Waals surface area contributed by atoms with Crippen molar-refractivity contribution < 1.29 is 19.0 Å². The molecule has 0 bridgehead atoms. The van der Waals surface area contributed by atoms with E-state index in [2.05, 4.69) is 43.4 Å². The summed E-state index contributed by atoms with van der Waals surface area (Å²) in [4.78, 5) is 12.5. The molecule has 0 aliphatic rings. The third-order valence-corrected chi connectivity index (χ3v) is 4.53. The summed E-state index contributed by atoms with van der Waals surface area (Å²) in [5.41, 5.74) is 2.19. The molecule has 2 atom stereocenters. The zero-order valence-corrected chi connectivity index (χ0v) is 16.2. The first-order valence-corrected chi connectivity index (χ1v) is 9.02. The van der Waals surface area contributed by atoms with Crippen LogP contribution in [0, 0.1) is 6.92 Å². The monoisotopic (exact) mass is 359 g/mol. The van der Waals surface area contributed by atoms with Crippen LogP contribution in [0.2, 0.25) is 0 Å². The number of hydrogen-bond acceptors (Lipinski definition) is 4. The van der Waals surface area contributed by atoms with Crippen molar-refractivity contribution >= 4 is 16.9 Å². The second kappa shape index (κ2) is 9.55. The highest BCUT2D eigenvalue weighted by Crippen LogP contribution is 2.32. The Labute approximate surface area is 155 Å². The minimum absolute atomic E-state index is 0.304. The van der Waals surface area contributed by atoms with Gasteiger partial charge in [-0.05, 0) is 36.6 Å². The van der Waals surface area contributed by atoms with Crippen molar-refractivity contribution in [3.05, 3.63) is 47.5 Å². The number of benzene rings is 2. The van der Waals surface area contributed by atoms with E-state index in [1.165, 1.54) is 14.2 Å². The minimum Gasteiger partial charge on any atom is -0.441 e. The second-order valence-corrected chi connectivity index (χ2v) is 6.47. The van der Waals surface area contributed by atoms with Gasteiger partial charge in [0.15, 0.2) is 6.29 Å². The van der Waals surface area contributed by atoms with Crippen molar-refractivity contribution in [1.82, 2.24) is 5.32 Å². The number of carbonyl (C=O) groups is 1. The van der Waals surface area contributed by atoms with E-state index in [-0.39, 0.29) is 12.1 Å². The van der Waals surface area contributed by atoms with E-state index in [1.54, 1.807) is 0 Å². The molecule has 5 heteroatoms. The summed E-state index contributed by atoms with van der Waals surface area (Å²) in [6.45, 7) is 5.96. The Morgan fingerprint density at radius 2 is 1.81 bits per heavy atom. The Morgan fingerprint density at radius 1 is 1.12 bits per heavy atom. The molecule has 0 saturated heterocycles. The maximum Gasteiger partial charge on any atom is 0.408 e. The van der Waals surface area contributed by atoms with E-state index in [4.69, 9.17) is 14.2 Å². The lowest BCUT2D eigenvalue weighted by Gasteiger charge is -2.25. The number of carbonyl (C=O) groups excluding carboxylic acids is 1. The zero-order valence-electron chi connectivity index (χ0n) is 16.2. The van der Waals surface area contributed by atoms with Gasteiger partial charge in [-0.1, -0.05) is 49.7 Å². The topological polar surface area (TPSA) is 56.8 Å². The summed E-state index contributed by atoms with van der Waals surface area (Å²) in [7, 11) is 3.08. The molecular weight excluding hydrogens is 330 g/mol. The molecule has 142 valence electrons. The molecule has 2 aromatic rings. The SMILES string of the molecule is CCCC(OC(=O)NC(C)C(OC)OC)c1c(C)ccc2ccccc12. The number of fused-ring (bicyclic) bond motifs is 1. The van der Waals surface area contributed by atoms with Crippen LogP contribution < -0.4 is 5.32 Å². The highest BCUT2D eigenvalue weighted by Gasteiger charge is 2.23. The molecule has 0 aliphatic carbocycles. The summed E-state index contributed by atoms with van der Waals surface area (Å²) in [5.74, 6) is 0. The maximum atomic E-state index is 12.5. The Kier molecular flexibility index (Phi) is 7.42. The van der Waals surface area contributed by atoms with Crippen LogP contribution in [0.5, 0.6) is 0 Å². The highest BCUT2D eigenvalue weighted by molar-refractivity contribution is 5.87. The summed E-state index contributed by atoms with van der Waals surface area (Å²) in [6, 6.07) is 12.0. The smallest absolute Gasteiger partial charge is 0.408 e. The fourth-order valence-electron chi connectivity index (χ4n) is 3.28. The van der Waals surface area contributed by atoms with Gasteiger partial charge in [0.1, 0.15) is 6.10 Å². The van der Waals surface area contributed by atoms with Gasteiger partial charge >= 0.3 is 6.09 Å². The molecule has 26 heavy (non-hydrogen) atoms. The first kappa shape index (κ1) is 20.2. The van der Waals surface area contributed by atoms with Crippen molar-refractivity contribution in [2.24, 2.45) is 0 Å². The molecule has 1 amide bonds. The quantitative estimate of drug-likeness (QED) is 0.693. The second-order valence-electron chi connectivity index (χ2n) is 6.47. The number of aryl methyl sites for hydroxylation is 1. The van der Waals surface area contributed by atoms with E-state index >= 15 is 0 Å². The average Bonchev–Trinajstić information content (AvgIpc) is 2.62. The molecule has 0 spiro atoms. The van der Waals surface area contributed by atoms with E-state index in [0.29, 0.717) is 0 Å². The first-order valence-electron chi connectivity index (χ1n) is 9.02. The van der Waals surface area contributed by atoms with Gasteiger partial charge in [0.05, 0.1) is 6.04 Å². The largest absolute Gasteiger partial charge is 0.441 e. The predicted octanol–water partition coefficient (Wildman–Crippen LogP) is 4.72. The van der Waals surface area contributed by atoms with Gasteiger partial charge in [0.2, 0.25) is 0 Å². The molecule has 0 aromatic heterocycles. The molecule has 0 fully saturated rings. The van der Waals surface area contributed by atoms with Gasteiger partial charge in [-0.25, -0.2) is 4.79 Å². The Balaban J connectivity index is 2.24. The van der Waals surface area contributed by atoms with Crippen LogP contribution in [-0.4, -0.2) is 32.6 Å². The third-order valence-electron chi connectivity index (χ3n) is 4.53. The van der Waals surface area contributed by atoms with Gasteiger partial charge < -0.3 is 19.5 Å². The molecule has 2 rings (SSSR count). The molecule has 1 N–H and O–H groups in total. The van der Waals surface area contributed by atoms with Crippen molar-refractivity contribution in [3.8, 4) is 0 Å². The molecule has 0 radical (unpaired) electrons. The first-order chi connectivity index (χ1) is 12.5. The predicted molar refractivity (Wildman–Crippen MR) is 103 cm³/mol. The van der Waals surface area contributed by atoms with Crippen LogP contribution in [0.1, 0.15) is 43.9 Å². The molecule has 5 nitrogen and oxygen atoms in total. The number of methoxy groups -OCH3 is 2. The Bertz CT molecular complexity index is 727. The summed E-state index contributed by atoms with van der Waals surface area (Å²) in [5, 5.41) is 5.06. The minimum atomic E-state index is -0.522. The van der Waals surface area contributed by atoms with Gasteiger partial charge in [-0.2, -0.15) is 0 Å². The van der Waals surface area contributed by atoms with Gasteiger partial charge in [-0.3, -0.25) is 0 Å². The average molecular weight is 359 g/mol. The zero-order chi connectivity index (χ0) is 19.1. The maximum absolute atomic E-state index is 12.5. The fraction of sp³-hybridized carbons (Fsp3) is 0.476. The Morgan fingerprint density at radius 3 is 2.46 bits per heavy atom. The molecule has 2 aromatic carbocycles. The summed E-state index contributed by atoms with van der Waals surface area (Å²) in [6.07, 6.45) is 0.375. The van der Waals surface area contributed by atoms with E-state index in [0.717, 1.165) is 34.7 Å². The number of amides is 1. The fourth-order valence-corrected chi connectivity index (χ4v) is 3.28. The third kappa shape index (κ3) is 4.74. The number of nitrogens with one attached hydrogen (secondary N) is 1. The number of hydrogen-bond donors (Lipinski definition) is 1. The van der Waals surface area contributed by atoms with Crippen LogP contribution in [0.3, 0.4) is 0 Å². The lowest BCUT2D eigenvalue weighted by molar-refractivity contribution is -0.118. The van der Waals surface area contributed by atoms with Crippen molar-refractivity contribution in [2.45, 2.75) is 52.0 Å². The van der Waals surface area contributed by atoms with E-state index < -0.39 is 12.4 Å². The standard InChI is InChI=1S/C21H29NO4/c1-6-9-18(26-21(23)22-15(3)20(24-4)25-5)19-14(2)12-13-16-10-7-8-11-17(16)19/h7-8,10-13,15,18,20H,6,9H2,1-5H3,(H,22,23). The lowest BCUT2D eigenvalue weighted by Crippen LogP contribution is -2.43. The summed E-state index contributed by atoms with van der Waals surface area (Å²) < 4.78 is 16.2. The van der Waals surface area contributed by atoms with Crippen molar-refractivity contribution in [2.75, 3.05) is 14.2 Å². The van der Waals surface area contributed by atoms with Gasteiger partial charge in [0.25, 0.3) is 0 Å². The van der Waals surface area contributed by atoms with Crippen LogP contribution in [-0.2, 0) is 14.2 Å². The summed E-state index contributed by atoms with van der Waals surface area (Å²) >= 11 is 0. The normalized spacial score (nSPS) is 13.6. The number of rotatable bonds is 8.